The number of fused-ring (bicyclic) bond motifs is 2. The van der Waals surface area contributed by atoms with Gasteiger partial charge in [0, 0.05) is 30.9 Å². The second kappa shape index (κ2) is 7.51. The fraction of sp³-hybridized carbons (Fsp3) is 0.600. The van der Waals surface area contributed by atoms with E-state index in [1.165, 1.54) is 17.5 Å². The molecule has 8 nitrogen and oxygen atoms in total. The van der Waals surface area contributed by atoms with Gasteiger partial charge in [0.05, 0.1) is 30.8 Å². The second-order valence-electron chi connectivity index (χ2n) is 8.63. The lowest BCUT2D eigenvalue weighted by Crippen LogP contribution is -2.44. The zero-order chi connectivity index (χ0) is 20.8. The SMILES string of the molecule is CSc1nc2c(c(N3Cc4cncn4C[C@H]3C)n1)CCN(C(=O)OC(C)(C)C)C2. The van der Waals surface area contributed by atoms with Gasteiger partial charge in [0.1, 0.15) is 11.4 Å². The Labute approximate surface area is 175 Å². The van der Waals surface area contributed by atoms with Gasteiger partial charge in [-0.25, -0.2) is 19.7 Å². The van der Waals surface area contributed by atoms with Crippen LogP contribution in [0, 0.1) is 0 Å². The van der Waals surface area contributed by atoms with Gasteiger partial charge >= 0.3 is 6.09 Å². The molecule has 0 saturated carbocycles. The van der Waals surface area contributed by atoms with Crippen LogP contribution in [0.3, 0.4) is 0 Å². The van der Waals surface area contributed by atoms with Gasteiger partial charge in [0.25, 0.3) is 0 Å². The quantitative estimate of drug-likeness (QED) is 0.550. The lowest BCUT2D eigenvalue weighted by atomic mass is 10.0. The van der Waals surface area contributed by atoms with Crippen molar-refractivity contribution in [2.75, 3.05) is 17.7 Å². The number of hydrogen-bond acceptors (Lipinski definition) is 7. The van der Waals surface area contributed by atoms with E-state index in [0.717, 1.165) is 41.7 Å². The normalized spacial score (nSPS) is 19.0. The summed E-state index contributed by atoms with van der Waals surface area (Å²) >= 11 is 1.53. The number of thioether (sulfide) groups is 1. The van der Waals surface area contributed by atoms with Crippen molar-refractivity contribution in [3.63, 3.8) is 0 Å². The summed E-state index contributed by atoms with van der Waals surface area (Å²) in [4.78, 5) is 30.5. The molecule has 2 aliphatic rings. The first kappa shape index (κ1) is 20.0. The number of carbonyl (C=O) groups is 1. The van der Waals surface area contributed by atoms with E-state index in [1.54, 1.807) is 4.90 Å². The highest BCUT2D eigenvalue weighted by molar-refractivity contribution is 7.98. The molecule has 9 heteroatoms. The van der Waals surface area contributed by atoms with Crippen molar-refractivity contribution in [3.8, 4) is 0 Å². The molecule has 1 amide bonds. The maximum Gasteiger partial charge on any atom is 0.410 e. The summed E-state index contributed by atoms with van der Waals surface area (Å²) in [5, 5.41) is 0.732. The first-order valence-electron chi connectivity index (χ1n) is 9.92. The highest BCUT2D eigenvalue weighted by Crippen LogP contribution is 2.32. The fourth-order valence-corrected chi connectivity index (χ4v) is 4.22. The molecule has 0 aliphatic carbocycles. The molecule has 4 heterocycles. The summed E-state index contributed by atoms with van der Waals surface area (Å²) in [7, 11) is 0. The van der Waals surface area contributed by atoms with E-state index < -0.39 is 5.60 Å². The number of aromatic nitrogens is 4. The number of nitrogens with zero attached hydrogens (tertiary/aromatic N) is 6. The summed E-state index contributed by atoms with van der Waals surface area (Å²) in [6.07, 6.45) is 6.23. The van der Waals surface area contributed by atoms with Crippen LogP contribution in [0.25, 0.3) is 0 Å². The summed E-state index contributed by atoms with van der Waals surface area (Å²) in [5.74, 6) is 0.989. The Morgan fingerprint density at radius 3 is 2.79 bits per heavy atom. The molecule has 0 bridgehead atoms. The van der Waals surface area contributed by atoms with Gasteiger partial charge in [-0.3, -0.25) is 0 Å². The third kappa shape index (κ3) is 4.05. The average molecular weight is 417 g/mol. The zero-order valence-corrected chi connectivity index (χ0v) is 18.5. The standard InChI is InChI=1S/C20H28N6O2S/c1-13-9-25-12-21-8-14(25)10-26(13)17-15-6-7-24(19(27)28-20(2,3)4)11-16(15)22-18(23-17)29-5/h8,12-13H,6-7,9-11H2,1-5H3/t13-/m1/s1. The van der Waals surface area contributed by atoms with Crippen LogP contribution in [-0.2, 0) is 30.8 Å². The predicted molar refractivity (Wildman–Crippen MR) is 112 cm³/mol. The summed E-state index contributed by atoms with van der Waals surface area (Å²) < 4.78 is 7.76. The molecule has 0 unspecified atom stereocenters. The summed E-state index contributed by atoms with van der Waals surface area (Å²) in [5.41, 5.74) is 2.74. The number of carbonyl (C=O) groups excluding carboxylic acids is 1. The van der Waals surface area contributed by atoms with E-state index in [-0.39, 0.29) is 6.09 Å². The van der Waals surface area contributed by atoms with Crippen molar-refractivity contribution < 1.29 is 9.53 Å². The van der Waals surface area contributed by atoms with Crippen molar-refractivity contribution in [2.24, 2.45) is 0 Å². The first-order valence-corrected chi connectivity index (χ1v) is 11.1. The van der Waals surface area contributed by atoms with Crippen LogP contribution in [0.1, 0.15) is 44.6 Å². The van der Waals surface area contributed by atoms with Crippen LogP contribution in [0.2, 0.25) is 0 Å². The Morgan fingerprint density at radius 1 is 1.28 bits per heavy atom. The molecule has 0 saturated heterocycles. The maximum atomic E-state index is 12.6. The average Bonchev–Trinajstić information content (AvgIpc) is 3.11. The third-order valence-corrected chi connectivity index (χ3v) is 5.80. The molecule has 4 rings (SSSR count). The molecule has 1 atom stereocenters. The molecule has 0 aromatic carbocycles. The number of hydrogen-bond donors (Lipinski definition) is 0. The van der Waals surface area contributed by atoms with E-state index in [1.807, 2.05) is 39.6 Å². The van der Waals surface area contributed by atoms with E-state index in [0.29, 0.717) is 19.1 Å². The van der Waals surface area contributed by atoms with Gasteiger partial charge in [-0.15, -0.1) is 0 Å². The summed E-state index contributed by atoms with van der Waals surface area (Å²) in [6, 6.07) is 0.300. The van der Waals surface area contributed by atoms with Crippen molar-refractivity contribution >= 4 is 23.7 Å². The minimum atomic E-state index is -0.509. The maximum absolute atomic E-state index is 12.6. The van der Waals surface area contributed by atoms with Crippen LogP contribution < -0.4 is 4.90 Å². The Balaban J connectivity index is 1.65. The summed E-state index contributed by atoms with van der Waals surface area (Å²) in [6.45, 7) is 10.6. The van der Waals surface area contributed by atoms with Crippen LogP contribution in [0.15, 0.2) is 17.7 Å². The van der Waals surface area contributed by atoms with Crippen molar-refractivity contribution in [2.45, 2.75) is 70.5 Å². The molecule has 0 N–H and O–H groups in total. The Bertz CT molecular complexity index is 922. The highest BCUT2D eigenvalue weighted by atomic mass is 32.2. The third-order valence-electron chi connectivity index (χ3n) is 5.25. The van der Waals surface area contributed by atoms with Crippen molar-refractivity contribution in [1.82, 2.24) is 24.4 Å². The van der Waals surface area contributed by atoms with Gasteiger partial charge in [0.2, 0.25) is 0 Å². The van der Waals surface area contributed by atoms with Crippen LogP contribution in [0.5, 0.6) is 0 Å². The molecule has 0 spiro atoms. The molecule has 156 valence electrons. The molecule has 2 aromatic rings. The number of imidazole rings is 1. The minimum Gasteiger partial charge on any atom is -0.444 e. The molecule has 2 aliphatic heterocycles. The van der Waals surface area contributed by atoms with Gasteiger partial charge in [0.15, 0.2) is 5.16 Å². The largest absolute Gasteiger partial charge is 0.444 e. The zero-order valence-electron chi connectivity index (χ0n) is 17.7. The van der Waals surface area contributed by atoms with Gasteiger partial charge in [-0.05, 0) is 40.4 Å². The minimum absolute atomic E-state index is 0.288. The molecule has 2 aromatic heterocycles. The predicted octanol–water partition coefficient (Wildman–Crippen LogP) is 3.10. The van der Waals surface area contributed by atoms with Crippen molar-refractivity contribution in [3.05, 3.63) is 29.5 Å². The fourth-order valence-electron chi connectivity index (χ4n) is 3.84. The lowest BCUT2D eigenvalue weighted by molar-refractivity contribution is 0.0220. The number of anilines is 1. The number of amides is 1. The van der Waals surface area contributed by atoms with E-state index in [9.17, 15) is 4.79 Å². The molecule has 29 heavy (non-hydrogen) atoms. The second-order valence-corrected chi connectivity index (χ2v) is 9.40. The smallest absolute Gasteiger partial charge is 0.410 e. The Hall–Kier alpha value is -2.29. The van der Waals surface area contributed by atoms with Crippen LogP contribution in [-0.4, -0.2) is 55.0 Å². The number of rotatable bonds is 2. The highest BCUT2D eigenvalue weighted by Gasteiger charge is 2.32. The van der Waals surface area contributed by atoms with E-state index in [2.05, 4.69) is 21.4 Å². The van der Waals surface area contributed by atoms with Crippen LogP contribution >= 0.6 is 11.8 Å². The molecule has 0 radical (unpaired) electrons. The van der Waals surface area contributed by atoms with Gasteiger partial charge < -0.3 is 19.1 Å². The Kier molecular flexibility index (Phi) is 5.18. The molecule has 0 fully saturated rings. The van der Waals surface area contributed by atoms with E-state index >= 15 is 0 Å². The number of ether oxygens (including phenoxy) is 1. The van der Waals surface area contributed by atoms with Gasteiger partial charge in [-0.2, -0.15) is 0 Å². The lowest BCUT2D eigenvalue weighted by Gasteiger charge is -2.38. The molecular formula is C20H28N6O2S. The topological polar surface area (TPSA) is 76.4 Å². The van der Waals surface area contributed by atoms with Crippen LogP contribution in [0.4, 0.5) is 10.6 Å². The monoisotopic (exact) mass is 416 g/mol. The molecular weight excluding hydrogens is 388 g/mol. The Morgan fingerprint density at radius 2 is 2.07 bits per heavy atom. The first-order chi connectivity index (χ1) is 13.7. The van der Waals surface area contributed by atoms with E-state index in [4.69, 9.17) is 14.7 Å². The van der Waals surface area contributed by atoms with Gasteiger partial charge in [-0.1, -0.05) is 11.8 Å². The van der Waals surface area contributed by atoms with Crippen molar-refractivity contribution in [1.29, 1.82) is 0 Å².